The van der Waals surface area contributed by atoms with E-state index < -0.39 is 0 Å². The molecule has 0 aromatic rings. The zero-order chi connectivity index (χ0) is 8.67. The first-order chi connectivity index (χ1) is 6.42. The quantitative estimate of drug-likeness (QED) is 0.699. The van der Waals surface area contributed by atoms with E-state index in [9.17, 15) is 0 Å². The maximum atomic E-state index is 3.77. The van der Waals surface area contributed by atoms with Crippen LogP contribution in [0.2, 0.25) is 0 Å². The van der Waals surface area contributed by atoms with Crippen LogP contribution in [0.3, 0.4) is 0 Å². The van der Waals surface area contributed by atoms with E-state index in [1.54, 1.807) is 0 Å². The highest BCUT2D eigenvalue weighted by Crippen LogP contribution is 2.30. The summed E-state index contributed by atoms with van der Waals surface area (Å²) in [4.78, 5) is 2.63. The molecular weight excluding hydrogens is 160 g/mol. The Labute approximate surface area is 80.7 Å². The summed E-state index contributed by atoms with van der Waals surface area (Å²) in [6, 6.07) is 0.836. The largest absolute Gasteiger partial charge is 0.312 e. The Bertz CT molecular complexity index is 181. The van der Waals surface area contributed by atoms with Gasteiger partial charge in [0.15, 0.2) is 0 Å². The molecule has 74 valence electrons. The average molecular weight is 180 g/mol. The Morgan fingerprint density at radius 2 is 1.85 bits per heavy atom. The van der Waals surface area contributed by atoms with Crippen molar-refractivity contribution in [1.82, 2.24) is 10.2 Å². The van der Waals surface area contributed by atoms with Crippen LogP contribution in [0.5, 0.6) is 0 Å². The number of piperidine rings is 3. The fourth-order valence-electron chi connectivity index (χ4n) is 2.84. The molecule has 4 rings (SSSR count). The van der Waals surface area contributed by atoms with Crippen LogP contribution >= 0.6 is 0 Å². The fourth-order valence-corrected chi connectivity index (χ4v) is 2.84. The smallest absolute Gasteiger partial charge is 0.0224 e. The second-order valence-electron chi connectivity index (χ2n) is 5.10. The summed E-state index contributed by atoms with van der Waals surface area (Å²) in [6.45, 7) is 5.37. The third kappa shape index (κ3) is 1.75. The van der Waals surface area contributed by atoms with Gasteiger partial charge >= 0.3 is 0 Å². The van der Waals surface area contributed by atoms with E-state index in [4.69, 9.17) is 0 Å². The van der Waals surface area contributed by atoms with Gasteiger partial charge in [-0.2, -0.15) is 0 Å². The molecular formula is C11H20N2. The number of hydrogen-bond donors (Lipinski definition) is 1. The van der Waals surface area contributed by atoms with Crippen molar-refractivity contribution in [3.8, 4) is 0 Å². The lowest BCUT2D eigenvalue weighted by atomic mass is 9.84. The second-order valence-corrected chi connectivity index (χ2v) is 5.10. The van der Waals surface area contributed by atoms with Crippen LogP contribution in [-0.4, -0.2) is 37.1 Å². The van der Waals surface area contributed by atoms with Crippen LogP contribution in [0.25, 0.3) is 0 Å². The topological polar surface area (TPSA) is 15.3 Å². The highest BCUT2D eigenvalue weighted by atomic mass is 15.2. The van der Waals surface area contributed by atoms with Crippen LogP contribution < -0.4 is 5.32 Å². The Morgan fingerprint density at radius 3 is 2.38 bits per heavy atom. The fraction of sp³-hybridized carbons (Fsp3) is 1.00. The zero-order valence-electron chi connectivity index (χ0n) is 8.34. The molecule has 3 saturated heterocycles. The Kier molecular flexibility index (Phi) is 2.06. The standard InChI is InChI=1S/C11H20N2/c1-2-9(1)7-12-11-8-13-5-3-10(11)4-6-13/h9-12H,1-8H2/t11-/m1/s1. The maximum absolute atomic E-state index is 3.77. The molecule has 4 aliphatic rings. The summed E-state index contributed by atoms with van der Waals surface area (Å²) in [5.41, 5.74) is 0. The van der Waals surface area contributed by atoms with E-state index in [0.717, 1.165) is 17.9 Å². The minimum absolute atomic E-state index is 0.836. The van der Waals surface area contributed by atoms with Crippen LogP contribution in [0.1, 0.15) is 25.7 Å². The number of rotatable bonds is 3. The molecule has 0 spiro atoms. The van der Waals surface area contributed by atoms with Gasteiger partial charge in [0.2, 0.25) is 0 Å². The summed E-state index contributed by atoms with van der Waals surface area (Å²) in [7, 11) is 0. The van der Waals surface area contributed by atoms with Crippen LogP contribution in [0, 0.1) is 11.8 Å². The predicted octanol–water partition coefficient (Wildman–Crippen LogP) is 1.08. The van der Waals surface area contributed by atoms with Crippen molar-refractivity contribution >= 4 is 0 Å². The van der Waals surface area contributed by atoms with E-state index in [1.165, 1.54) is 51.9 Å². The minimum Gasteiger partial charge on any atom is -0.312 e. The van der Waals surface area contributed by atoms with Gasteiger partial charge in [-0.3, -0.25) is 0 Å². The monoisotopic (exact) mass is 180 g/mol. The number of nitrogens with one attached hydrogen (secondary N) is 1. The minimum atomic E-state index is 0.836. The second kappa shape index (κ2) is 3.25. The molecule has 0 radical (unpaired) electrons. The highest BCUT2D eigenvalue weighted by Gasteiger charge is 2.34. The number of nitrogens with zero attached hydrogens (tertiary/aromatic N) is 1. The third-order valence-electron chi connectivity index (χ3n) is 4.02. The van der Waals surface area contributed by atoms with Gasteiger partial charge in [-0.15, -0.1) is 0 Å². The molecule has 1 atom stereocenters. The molecule has 3 aliphatic heterocycles. The molecule has 0 unspecified atom stereocenters. The van der Waals surface area contributed by atoms with Gasteiger partial charge in [-0.25, -0.2) is 0 Å². The first-order valence-corrected chi connectivity index (χ1v) is 5.87. The Hall–Kier alpha value is -0.0800. The lowest BCUT2D eigenvalue weighted by Crippen LogP contribution is -2.56. The van der Waals surface area contributed by atoms with Crippen molar-refractivity contribution in [2.75, 3.05) is 26.2 Å². The van der Waals surface area contributed by atoms with Gasteiger partial charge in [0, 0.05) is 12.6 Å². The van der Waals surface area contributed by atoms with E-state index in [1.807, 2.05) is 0 Å². The lowest BCUT2D eigenvalue weighted by molar-refractivity contribution is 0.0723. The molecule has 0 amide bonds. The molecule has 1 N–H and O–H groups in total. The van der Waals surface area contributed by atoms with Crippen molar-refractivity contribution in [2.45, 2.75) is 31.7 Å². The van der Waals surface area contributed by atoms with Crippen molar-refractivity contribution in [3.05, 3.63) is 0 Å². The van der Waals surface area contributed by atoms with E-state index in [2.05, 4.69) is 10.2 Å². The molecule has 2 bridgehead atoms. The van der Waals surface area contributed by atoms with Gasteiger partial charge < -0.3 is 10.2 Å². The molecule has 1 saturated carbocycles. The molecule has 4 fully saturated rings. The van der Waals surface area contributed by atoms with Gasteiger partial charge in [0.05, 0.1) is 0 Å². The highest BCUT2D eigenvalue weighted by molar-refractivity contribution is 4.91. The summed E-state index contributed by atoms with van der Waals surface area (Å²) < 4.78 is 0. The Balaban J connectivity index is 1.52. The predicted molar refractivity (Wildman–Crippen MR) is 53.7 cm³/mol. The SMILES string of the molecule is C1CC1CN[C@@H]1CN2CCC1CC2. The first-order valence-electron chi connectivity index (χ1n) is 5.87. The van der Waals surface area contributed by atoms with Gasteiger partial charge in [-0.1, -0.05) is 0 Å². The van der Waals surface area contributed by atoms with Crippen molar-refractivity contribution in [2.24, 2.45) is 11.8 Å². The van der Waals surface area contributed by atoms with Gasteiger partial charge in [-0.05, 0) is 57.2 Å². The van der Waals surface area contributed by atoms with E-state index in [-0.39, 0.29) is 0 Å². The summed E-state index contributed by atoms with van der Waals surface area (Å²) in [5, 5.41) is 3.77. The lowest BCUT2D eigenvalue weighted by Gasteiger charge is -2.45. The molecule has 2 nitrogen and oxygen atoms in total. The van der Waals surface area contributed by atoms with Crippen molar-refractivity contribution in [1.29, 1.82) is 0 Å². The molecule has 1 aliphatic carbocycles. The zero-order valence-corrected chi connectivity index (χ0v) is 8.34. The van der Waals surface area contributed by atoms with Crippen LogP contribution in [-0.2, 0) is 0 Å². The van der Waals surface area contributed by atoms with Gasteiger partial charge in [0.1, 0.15) is 0 Å². The van der Waals surface area contributed by atoms with E-state index >= 15 is 0 Å². The van der Waals surface area contributed by atoms with E-state index in [0.29, 0.717) is 0 Å². The Morgan fingerprint density at radius 1 is 1.08 bits per heavy atom. The van der Waals surface area contributed by atoms with Crippen molar-refractivity contribution in [3.63, 3.8) is 0 Å². The normalized spacial score (nSPS) is 43.8. The first kappa shape index (κ1) is 8.25. The molecule has 3 heterocycles. The van der Waals surface area contributed by atoms with Crippen LogP contribution in [0.15, 0.2) is 0 Å². The molecule has 0 aromatic heterocycles. The molecule has 2 heteroatoms. The summed E-state index contributed by atoms with van der Waals surface area (Å²) in [5.74, 6) is 2.04. The molecule has 13 heavy (non-hydrogen) atoms. The van der Waals surface area contributed by atoms with Crippen LogP contribution in [0.4, 0.5) is 0 Å². The summed E-state index contributed by atoms with van der Waals surface area (Å²) in [6.07, 6.45) is 5.85. The number of hydrogen-bond acceptors (Lipinski definition) is 2. The number of fused-ring (bicyclic) bond motifs is 3. The summed E-state index contributed by atoms with van der Waals surface area (Å²) >= 11 is 0. The maximum Gasteiger partial charge on any atom is 0.0224 e. The molecule has 0 aromatic carbocycles. The third-order valence-corrected chi connectivity index (χ3v) is 4.02. The van der Waals surface area contributed by atoms with Gasteiger partial charge in [0.25, 0.3) is 0 Å². The van der Waals surface area contributed by atoms with Crippen molar-refractivity contribution < 1.29 is 0 Å². The average Bonchev–Trinajstić information content (AvgIpc) is 3.00.